The van der Waals surface area contributed by atoms with Crippen LogP contribution in [0.4, 0.5) is 0 Å². The van der Waals surface area contributed by atoms with E-state index in [2.05, 4.69) is 27.4 Å². The number of nitrogens with zero attached hydrogens (tertiary/aromatic N) is 1. The molecule has 8 nitrogen and oxygen atoms in total. The Labute approximate surface area is 224 Å². The molecule has 37 heavy (non-hydrogen) atoms. The molecule has 4 N–H and O–H groups in total. The Morgan fingerprint density at radius 1 is 1.35 bits per heavy atom. The van der Waals surface area contributed by atoms with Crippen molar-refractivity contribution in [2.45, 2.75) is 85.0 Å². The number of rotatable bonds is 10. The summed E-state index contributed by atoms with van der Waals surface area (Å²) in [5.41, 5.74) is 7.95. The molecule has 0 aromatic carbocycles. The fourth-order valence-corrected chi connectivity index (χ4v) is 6.79. The van der Waals surface area contributed by atoms with Gasteiger partial charge in [0.25, 0.3) is 0 Å². The van der Waals surface area contributed by atoms with Gasteiger partial charge < -0.3 is 15.1 Å². The van der Waals surface area contributed by atoms with Crippen LogP contribution in [0.2, 0.25) is 0 Å². The summed E-state index contributed by atoms with van der Waals surface area (Å²) < 4.78 is 41.4. The second kappa shape index (κ2) is 13.3. The van der Waals surface area contributed by atoms with Crippen LogP contribution in [0.3, 0.4) is 0 Å². The van der Waals surface area contributed by atoms with Gasteiger partial charge in [-0.25, -0.2) is 4.18 Å². The van der Waals surface area contributed by atoms with Crippen molar-refractivity contribution < 1.29 is 21.6 Å². The van der Waals surface area contributed by atoms with E-state index in [0.29, 0.717) is 11.8 Å². The molecular weight excluding hydrogens is 490 g/mol. The lowest BCUT2D eigenvalue weighted by molar-refractivity contribution is -0.0587. The van der Waals surface area contributed by atoms with Crippen LogP contribution in [-0.2, 0) is 21.0 Å². The molecule has 3 rings (SSSR count). The number of hydrogen-bond donors (Lipinski definition) is 3. The molecule has 212 valence electrons. The summed E-state index contributed by atoms with van der Waals surface area (Å²) in [4.78, 5) is 1.53. The highest BCUT2D eigenvalue weighted by Crippen LogP contribution is 2.62. The van der Waals surface area contributed by atoms with E-state index in [1.165, 1.54) is 36.2 Å². The highest BCUT2D eigenvalue weighted by atomic mass is 32.3. The van der Waals surface area contributed by atoms with Crippen molar-refractivity contribution in [3.05, 3.63) is 36.3 Å². The summed E-state index contributed by atoms with van der Waals surface area (Å²) >= 11 is 0. The summed E-state index contributed by atoms with van der Waals surface area (Å²) in [5, 5.41) is 6.65. The number of allylic oxidation sites excluding steroid dienone is 1. The molecule has 0 saturated heterocycles. The molecule has 0 amide bonds. The lowest BCUT2D eigenvalue weighted by Gasteiger charge is -2.59. The minimum absolute atomic E-state index is 0.0450. The van der Waals surface area contributed by atoms with Gasteiger partial charge >= 0.3 is 10.4 Å². The minimum Gasteiger partial charge on any atom is -0.472 e. The molecule has 0 unspecified atom stereocenters. The quantitative estimate of drug-likeness (QED) is 0.143. The first-order valence-corrected chi connectivity index (χ1v) is 14.9. The third kappa shape index (κ3) is 8.86. The Morgan fingerprint density at radius 2 is 2.03 bits per heavy atom. The maximum Gasteiger partial charge on any atom is 0.397 e. The summed E-state index contributed by atoms with van der Waals surface area (Å²) in [6.45, 7) is 11.8. The third-order valence-electron chi connectivity index (χ3n) is 9.25. The molecule has 1 heterocycles. The predicted octanol–water partition coefficient (Wildman–Crippen LogP) is 6.06. The molecule has 2 saturated carbocycles. The van der Waals surface area contributed by atoms with Crippen LogP contribution in [0.1, 0.15) is 84.1 Å². The van der Waals surface area contributed by atoms with E-state index in [9.17, 15) is 8.42 Å². The molecule has 2 aliphatic rings. The van der Waals surface area contributed by atoms with Crippen molar-refractivity contribution in [3.63, 3.8) is 0 Å². The van der Waals surface area contributed by atoms with E-state index in [-0.39, 0.29) is 29.3 Å². The van der Waals surface area contributed by atoms with Crippen molar-refractivity contribution >= 4 is 16.4 Å². The zero-order valence-electron chi connectivity index (χ0n) is 23.5. The number of aryl methyl sites for hydroxylation is 1. The third-order valence-corrected chi connectivity index (χ3v) is 9.68. The van der Waals surface area contributed by atoms with Crippen molar-refractivity contribution in [3.8, 4) is 0 Å². The first kappa shape index (κ1) is 31.4. The standard InChI is InChI=1S/C25H40O5S.C3H9N3/c1-19-7-5-10-23-24(19,3)14-11-20(2)25(23,4)15-12-21(18-30-31(26,27)28)8-6-9-22-13-16-29-17-22;1-6(2)3(4)5/h13,16-17,20-21,23H,1,5-12,14-15,18H2,2-4H3,(H,26,27,28);1-2H3,(H3,4,5)/t20-,21+,23+,24-,25+;/m1./s1. The van der Waals surface area contributed by atoms with Crippen molar-refractivity contribution in [1.82, 2.24) is 4.90 Å². The molecular formula is C28H49N3O5S. The molecule has 2 aliphatic carbocycles. The molecule has 1 aromatic heterocycles. The van der Waals surface area contributed by atoms with Crippen LogP contribution >= 0.6 is 0 Å². The lowest BCUT2D eigenvalue weighted by atomic mass is 9.46. The van der Waals surface area contributed by atoms with Crippen LogP contribution in [0.15, 0.2) is 35.2 Å². The maximum atomic E-state index is 11.2. The maximum absolute atomic E-state index is 11.2. The van der Waals surface area contributed by atoms with E-state index >= 15 is 0 Å². The Balaban J connectivity index is 0.000000717. The summed E-state index contributed by atoms with van der Waals surface area (Å²) in [7, 11) is -0.970. The van der Waals surface area contributed by atoms with E-state index in [4.69, 9.17) is 24.3 Å². The van der Waals surface area contributed by atoms with E-state index in [1.807, 2.05) is 6.07 Å². The van der Waals surface area contributed by atoms with Gasteiger partial charge in [-0.15, -0.1) is 0 Å². The molecule has 0 aliphatic heterocycles. The number of hydrogen-bond acceptors (Lipinski definition) is 5. The van der Waals surface area contributed by atoms with Gasteiger partial charge in [0, 0.05) is 14.1 Å². The van der Waals surface area contributed by atoms with Crippen molar-refractivity contribution in [2.75, 3.05) is 20.7 Å². The molecule has 0 bridgehead atoms. The van der Waals surface area contributed by atoms with Crippen LogP contribution in [-0.4, -0.2) is 44.5 Å². The lowest BCUT2D eigenvalue weighted by Crippen LogP contribution is -2.50. The SMILES string of the molecule is C=C1CCC[C@@H]2[C@@](C)(CC[C@H](CCCc3ccoc3)COS(=O)(=O)O)[C@H](C)CC[C@]12C.CN(C)C(=N)N. The van der Waals surface area contributed by atoms with Crippen LogP contribution in [0.5, 0.6) is 0 Å². The molecule has 2 fully saturated rings. The van der Waals surface area contributed by atoms with Gasteiger partial charge in [-0.2, -0.15) is 8.42 Å². The van der Waals surface area contributed by atoms with Crippen LogP contribution in [0.25, 0.3) is 0 Å². The van der Waals surface area contributed by atoms with Gasteiger partial charge in [0.15, 0.2) is 5.96 Å². The van der Waals surface area contributed by atoms with E-state index in [0.717, 1.165) is 44.1 Å². The van der Waals surface area contributed by atoms with E-state index in [1.54, 1.807) is 26.6 Å². The fourth-order valence-electron chi connectivity index (χ4n) is 6.43. The smallest absolute Gasteiger partial charge is 0.397 e. The number of guanidine groups is 1. The van der Waals surface area contributed by atoms with Crippen LogP contribution in [0, 0.1) is 34.0 Å². The van der Waals surface area contributed by atoms with Crippen molar-refractivity contribution in [2.24, 2.45) is 34.3 Å². The zero-order valence-corrected chi connectivity index (χ0v) is 24.3. The second-order valence-corrected chi connectivity index (χ2v) is 12.9. The first-order chi connectivity index (χ1) is 17.2. The Kier molecular flexibility index (Phi) is 11.3. The summed E-state index contributed by atoms with van der Waals surface area (Å²) in [6.07, 6.45) is 14.1. The van der Waals surface area contributed by atoms with Gasteiger partial charge in [0.2, 0.25) is 0 Å². The second-order valence-electron chi connectivity index (χ2n) is 11.8. The summed E-state index contributed by atoms with van der Waals surface area (Å²) in [5.74, 6) is 1.44. The monoisotopic (exact) mass is 539 g/mol. The molecule has 0 spiro atoms. The van der Waals surface area contributed by atoms with Gasteiger partial charge in [0.1, 0.15) is 0 Å². The van der Waals surface area contributed by atoms with Crippen molar-refractivity contribution in [1.29, 1.82) is 5.41 Å². The van der Waals surface area contributed by atoms with Crippen LogP contribution < -0.4 is 5.73 Å². The number of nitrogens with one attached hydrogen (secondary N) is 1. The highest BCUT2D eigenvalue weighted by Gasteiger charge is 2.53. The molecule has 0 radical (unpaired) electrons. The highest BCUT2D eigenvalue weighted by molar-refractivity contribution is 7.80. The Bertz CT molecular complexity index is 978. The van der Waals surface area contributed by atoms with Gasteiger partial charge in [-0.05, 0) is 104 Å². The Hall–Kier alpha value is -1.84. The largest absolute Gasteiger partial charge is 0.472 e. The molecule has 5 atom stereocenters. The van der Waals surface area contributed by atoms with Gasteiger partial charge in [-0.3, -0.25) is 9.96 Å². The van der Waals surface area contributed by atoms with Gasteiger partial charge in [-0.1, -0.05) is 32.9 Å². The average molecular weight is 540 g/mol. The average Bonchev–Trinajstić information content (AvgIpc) is 3.33. The topological polar surface area (TPSA) is 130 Å². The Morgan fingerprint density at radius 3 is 2.59 bits per heavy atom. The van der Waals surface area contributed by atoms with E-state index < -0.39 is 10.4 Å². The van der Waals surface area contributed by atoms with Gasteiger partial charge in [0.05, 0.1) is 19.1 Å². The predicted molar refractivity (Wildman–Crippen MR) is 149 cm³/mol. The fraction of sp³-hybridized carbons (Fsp3) is 0.750. The first-order valence-electron chi connectivity index (χ1n) is 13.5. The zero-order chi connectivity index (χ0) is 27.9. The summed E-state index contributed by atoms with van der Waals surface area (Å²) in [6, 6.07) is 1.96. The minimum atomic E-state index is -4.42. The molecule has 9 heteroatoms. The normalized spacial score (nSPS) is 28.5. The number of fused-ring (bicyclic) bond motifs is 1. The number of nitrogens with two attached hydrogens (primary N) is 1. The number of furan rings is 1. The molecule has 1 aromatic rings.